The fourth-order valence-electron chi connectivity index (χ4n) is 3.35. The molecule has 0 unspecified atom stereocenters. The van der Waals surface area contributed by atoms with E-state index in [1.807, 2.05) is 30.3 Å². The van der Waals surface area contributed by atoms with E-state index in [1.165, 1.54) is 30.0 Å². The number of aromatic amines is 1. The molecule has 0 saturated carbocycles. The van der Waals surface area contributed by atoms with Gasteiger partial charge >= 0.3 is 5.69 Å². The highest BCUT2D eigenvalue weighted by Gasteiger charge is 2.17. The predicted octanol–water partition coefficient (Wildman–Crippen LogP) is 3.09. The highest BCUT2D eigenvalue weighted by atomic mass is 35.5. The van der Waals surface area contributed by atoms with Crippen molar-refractivity contribution in [1.82, 2.24) is 19.1 Å². The molecule has 0 aliphatic rings. The average Bonchev–Trinajstić information content (AvgIpc) is 3.22. The van der Waals surface area contributed by atoms with E-state index in [9.17, 15) is 19.7 Å². The van der Waals surface area contributed by atoms with Gasteiger partial charge in [0, 0.05) is 19.2 Å². The summed E-state index contributed by atoms with van der Waals surface area (Å²) >= 11 is 6.22. The number of anilines is 1. The van der Waals surface area contributed by atoms with Gasteiger partial charge in [0.05, 0.1) is 22.7 Å². The topological polar surface area (TPSA) is 149 Å². The van der Waals surface area contributed by atoms with Crippen LogP contribution in [0.25, 0.3) is 17.2 Å². The van der Waals surface area contributed by atoms with Gasteiger partial charge in [0.1, 0.15) is 12.4 Å². The van der Waals surface area contributed by atoms with Gasteiger partial charge in [0.25, 0.3) is 11.2 Å². The first-order valence-electron chi connectivity index (χ1n) is 10.6. The van der Waals surface area contributed by atoms with Crippen molar-refractivity contribution < 1.29 is 9.66 Å². The first-order chi connectivity index (χ1) is 17.3. The van der Waals surface area contributed by atoms with Gasteiger partial charge < -0.3 is 4.74 Å². The van der Waals surface area contributed by atoms with Gasteiger partial charge in [-0.05, 0) is 35.9 Å². The molecule has 0 bridgehead atoms. The Kier molecular flexibility index (Phi) is 7.25. The third-order valence-corrected chi connectivity index (χ3v) is 5.30. The number of halogens is 1. The molecule has 0 spiro atoms. The Labute approximate surface area is 208 Å². The molecule has 2 N–H and O–H groups in total. The first-order valence-corrected chi connectivity index (χ1v) is 11.0. The van der Waals surface area contributed by atoms with E-state index < -0.39 is 16.2 Å². The molecule has 13 heteroatoms. The van der Waals surface area contributed by atoms with Crippen LogP contribution >= 0.6 is 11.6 Å². The Morgan fingerprint density at radius 2 is 1.94 bits per heavy atom. The summed E-state index contributed by atoms with van der Waals surface area (Å²) in [7, 11) is 1.50. The van der Waals surface area contributed by atoms with E-state index in [2.05, 4.69) is 20.5 Å². The number of non-ortho nitro benzene ring substituents is 1. The van der Waals surface area contributed by atoms with E-state index in [0.717, 1.165) is 0 Å². The fraction of sp³-hybridized carbons (Fsp3) is 0.130. The largest absolute Gasteiger partial charge is 0.492 e. The highest BCUT2D eigenvalue weighted by molar-refractivity contribution is 6.41. The molecule has 12 nitrogen and oxygen atoms in total. The molecule has 2 heterocycles. The lowest BCUT2D eigenvalue weighted by atomic mass is 10.2. The Morgan fingerprint density at radius 1 is 1.22 bits per heavy atom. The van der Waals surface area contributed by atoms with Crippen molar-refractivity contribution in [2.45, 2.75) is 6.54 Å². The number of rotatable bonds is 9. The van der Waals surface area contributed by atoms with Crippen LogP contribution < -0.4 is 21.4 Å². The summed E-state index contributed by atoms with van der Waals surface area (Å²) in [6, 6.07) is 15.0. The average molecular weight is 510 g/mol. The molecule has 2 aromatic carbocycles. The number of aromatic nitrogens is 4. The van der Waals surface area contributed by atoms with Crippen LogP contribution in [0.2, 0.25) is 0 Å². The predicted molar refractivity (Wildman–Crippen MR) is 137 cm³/mol. The monoisotopic (exact) mass is 509 g/mol. The van der Waals surface area contributed by atoms with Gasteiger partial charge in [0.15, 0.2) is 11.2 Å². The molecule has 4 rings (SSSR count). The quantitative estimate of drug-likeness (QED) is 0.200. The molecule has 36 heavy (non-hydrogen) atoms. The number of hydrogen-bond donors (Lipinski definition) is 2. The molecule has 0 aliphatic carbocycles. The zero-order valence-electron chi connectivity index (χ0n) is 18.9. The molecule has 2 aromatic heterocycles. The standard InChI is InChI=1S/C23H20ClN7O5/c1-29-20-19(21(32)27-23(29)33)30(11-12-36-18-5-3-2-4-6-18)22(26-20)28-25-14-16(24)13-15-7-9-17(10-8-15)31(34)35/h2-10,13-14H,11-12H2,1H3,(H,26,28)(H,27,32,33)/b16-13-,25-14+. The summed E-state index contributed by atoms with van der Waals surface area (Å²) in [6.45, 7) is 0.452. The summed E-state index contributed by atoms with van der Waals surface area (Å²) in [5.41, 5.74) is 2.53. The molecule has 0 radical (unpaired) electrons. The Bertz CT molecular complexity index is 1570. The molecule has 0 saturated heterocycles. The van der Waals surface area contributed by atoms with Crippen LogP contribution in [-0.4, -0.2) is 36.8 Å². The van der Waals surface area contributed by atoms with Gasteiger partial charge in [0.2, 0.25) is 5.95 Å². The number of benzene rings is 2. The van der Waals surface area contributed by atoms with Crippen molar-refractivity contribution in [3.8, 4) is 5.75 Å². The summed E-state index contributed by atoms with van der Waals surface area (Å²) in [5.74, 6) is 0.864. The lowest BCUT2D eigenvalue weighted by Crippen LogP contribution is -2.29. The van der Waals surface area contributed by atoms with Crippen molar-refractivity contribution in [1.29, 1.82) is 0 Å². The second kappa shape index (κ2) is 10.7. The number of nitrogens with one attached hydrogen (secondary N) is 2. The Balaban J connectivity index is 1.57. The third-order valence-electron chi connectivity index (χ3n) is 5.09. The van der Waals surface area contributed by atoms with Gasteiger partial charge in [-0.2, -0.15) is 10.1 Å². The van der Waals surface area contributed by atoms with Crippen LogP contribution in [0.4, 0.5) is 11.6 Å². The minimum Gasteiger partial charge on any atom is -0.492 e. The summed E-state index contributed by atoms with van der Waals surface area (Å²) < 4.78 is 8.52. The van der Waals surface area contributed by atoms with Gasteiger partial charge in [-0.15, -0.1) is 0 Å². The highest BCUT2D eigenvalue weighted by Crippen LogP contribution is 2.17. The van der Waals surface area contributed by atoms with E-state index in [1.54, 1.807) is 22.8 Å². The molecule has 0 amide bonds. The number of hydrazone groups is 1. The molecular weight excluding hydrogens is 490 g/mol. The number of nitrogens with zero attached hydrogens (tertiary/aromatic N) is 5. The minimum absolute atomic E-state index is 0.0295. The van der Waals surface area contributed by atoms with Crippen molar-refractivity contribution in [3.05, 3.63) is 96.1 Å². The number of fused-ring (bicyclic) bond motifs is 1. The van der Waals surface area contributed by atoms with Crippen LogP contribution in [0, 0.1) is 10.1 Å². The molecule has 0 aliphatic heterocycles. The maximum absolute atomic E-state index is 12.6. The number of H-pyrrole nitrogens is 1. The molecule has 4 aromatic rings. The SMILES string of the molecule is Cn1c(=O)[nH]c(=O)c2c1nc(N/N=C/C(Cl)=C/c1ccc([N+](=O)[O-])cc1)n2CCOc1ccccc1. The number of imidazole rings is 1. The molecule has 184 valence electrons. The lowest BCUT2D eigenvalue weighted by molar-refractivity contribution is -0.384. The third kappa shape index (κ3) is 5.50. The number of ether oxygens (including phenoxy) is 1. The summed E-state index contributed by atoms with van der Waals surface area (Å²) in [4.78, 5) is 41.5. The van der Waals surface area contributed by atoms with Gasteiger partial charge in [-0.25, -0.2) is 10.2 Å². The van der Waals surface area contributed by atoms with E-state index in [4.69, 9.17) is 16.3 Å². The maximum atomic E-state index is 12.6. The zero-order valence-corrected chi connectivity index (χ0v) is 19.7. The second-order valence-electron chi connectivity index (χ2n) is 7.49. The smallest absolute Gasteiger partial charge is 0.329 e. The Hall–Kier alpha value is -4.71. The van der Waals surface area contributed by atoms with Gasteiger partial charge in [-0.1, -0.05) is 29.8 Å². The summed E-state index contributed by atoms with van der Waals surface area (Å²) in [5, 5.41) is 15.1. The number of hydrogen-bond acceptors (Lipinski definition) is 8. The lowest BCUT2D eigenvalue weighted by Gasteiger charge is -2.10. The fourth-order valence-corrected chi connectivity index (χ4v) is 3.52. The van der Waals surface area contributed by atoms with Crippen LogP contribution in [0.15, 0.2) is 74.3 Å². The van der Waals surface area contributed by atoms with E-state index in [-0.39, 0.29) is 41.0 Å². The van der Waals surface area contributed by atoms with Crippen molar-refractivity contribution >= 4 is 46.7 Å². The van der Waals surface area contributed by atoms with Crippen LogP contribution in [0.1, 0.15) is 5.56 Å². The molecule has 0 atom stereocenters. The zero-order chi connectivity index (χ0) is 25.7. The molecule has 0 fully saturated rings. The van der Waals surface area contributed by atoms with Crippen molar-refractivity contribution in [2.24, 2.45) is 12.1 Å². The number of aryl methyl sites for hydroxylation is 1. The number of allylic oxidation sites excluding steroid dienone is 1. The Morgan fingerprint density at radius 3 is 2.64 bits per heavy atom. The summed E-state index contributed by atoms with van der Waals surface area (Å²) in [6.07, 6.45) is 2.89. The first kappa shape index (κ1) is 24.4. The van der Waals surface area contributed by atoms with E-state index >= 15 is 0 Å². The number of para-hydroxylation sites is 1. The van der Waals surface area contributed by atoms with Crippen molar-refractivity contribution in [2.75, 3.05) is 12.0 Å². The van der Waals surface area contributed by atoms with Gasteiger partial charge in [-0.3, -0.25) is 29.0 Å². The number of nitro benzene ring substituents is 1. The van der Waals surface area contributed by atoms with Crippen LogP contribution in [0.3, 0.4) is 0 Å². The minimum atomic E-state index is -0.596. The maximum Gasteiger partial charge on any atom is 0.329 e. The van der Waals surface area contributed by atoms with E-state index in [0.29, 0.717) is 11.3 Å². The number of nitro groups is 1. The normalized spacial score (nSPS) is 11.8. The second-order valence-corrected chi connectivity index (χ2v) is 7.92. The molecular formula is C23H20ClN7O5. The van der Waals surface area contributed by atoms with Crippen LogP contribution in [0.5, 0.6) is 5.75 Å². The van der Waals surface area contributed by atoms with Crippen molar-refractivity contribution in [3.63, 3.8) is 0 Å². The van der Waals surface area contributed by atoms with Crippen LogP contribution in [-0.2, 0) is 13.6 Å².